The van der Waals surface area contributed by atoms with Gasteiger partial charge in [-0.15, -0.1) is 0 Å². The van der Waals surface area contributed by atoms with Crippen LogP contribution in [-0.4, -0.2) is 62.7 Å². The zero-order valence-electron chi connectivity index (χ0n) is 19.0. The molecule has 2 aromatic heterocycles. The predicted molar refractivity (Wildman–Crippen MR) is 124 cm³/mol. The maximum atomic E-state index is 12.9. The first-order valence-corrected chi connectivity index (χ1v) is 10.8. The Morgan fingerprint density at radius 2 is 2.15 bits per heavy atom. The molecular formula is C21H26ClN9O2. The van der Waals surface area contributed by atoms with Crippen LogP contribution in [-0.2, 0) is 22.6 Å². The molecule has 0 aromatic carbocycles. The van der Waals surface area contributed by atoms with Crippen molar-refractivity contribution in [1.29, 1.82) is 5.26 Å². The number of hydrazone groups is 1. The number of fused-ring (bicyclic) bond motifs is 1. The Morgan fingerprint density at radius 3 is 2.76 bits per heavy atom. The molecule has 0 radical (unpaired) electrons. The second-order valence-electron chi connectivity index (χ2n) is 7.84. The molecule has 0 aliphatic carbocycles. The molecule has 12 heteroatoms. The maximum Gasteiger partial charge on any atom is 0.247 e. The molecule has 0 fully saturated rings. The summed E-state index contributed by atoms with van der Waals surface area (Å²) in [6.45, 7) is 7.33. The van der Waals surface area contributed by atoms with Crippen LogP contribution in [0.25, 0.3) is 5.82 Å². The number of nitrogens with one attached hydrogen (secondary N) is 1. The van der Waals surface area contributed by atoms with E-state index in [4.69, 9.17) is 11.6 Å². The van der Waals surface area contributed by atoms with Gasteiger partial charge in [0.05, 0.1) is 23.8 Å². The number of halogens is 1. The first-order chi connectivity index (χ1) is 15.6. The molecule has 1 aliphatic heterocycles. The molecule has 3 rings (SSSR count). The third kappa shape index (κ3) is 4.90. The van der Waals surface area contributed by atoms with E-state index in [2.05, 4.69) is 27.2 Å². The van der Waals surface area contributed by atoms with Gasteiger partial charge in [-0.05, 0) is 26.2 Å². The number of hydrogen-bond acceptors (Lipinski definition) is 7. The summed E-state index contributed by atoms with van der Waals surface area (Å²) in [4.78, 5) is 26.8. The number of allylic oxidation sites excluding steroid dienone is 1. The van der Waals surface area contributed by atoms with Crippen molar-refractivity contribution < 1.29 is 9.59 Å². The van der Waals surface area contributed by atoms with Crippen LogP contribution in [0.15, 0.2) is 23.6 Å². The molecule has 33 heavy (non-hydrogen) atoms. The van der Waals surface area contributed by atoms with Crippen LogP contribution in [0.4, 0.5) is 5.82 Å². The van der Waals surface area contributed by atoms with E-state index in [0.29, 0.717) is 10.8 Å². The van der Waals surface area contributed by atoms with Gasteiger partial charge in [-0.25, -0.2) is 0 Å². The highest BCUT2D eigenvalue weighted by Crippen LogP contribution is 2.33. The highest BCUT2D eigenvalue weighted by Gasteiger charge is 2.33. The quantitative estimate of drug-likeness (QED) is 0.485. The summed E-state index contributed by atoms with van der Waals surface area (Å²) in [6, 6.07) is 1.04. The first-order valence-electron chi connectivity index (χ1n) is 10.4. The van der Waals surface area contributed by atoms with Gasteiger partial charge < -0.3 is 10.3 Å². The topological polar surface area (TPSA) is 124 Å². The Kier molecular flexibility index (Phi) is 7.18. The molecule has 1 N–H and O–H groups in total. The summed E-state index contributed by atoms with van der Waals surface area (Å²) in [5.74, 6) is -0.528. The van der Waals surface area contributed by atoms with E-state index in [0.717, 1.165) is 31.5 Å². The van der Waals surface area contributed by atoms with Crippen molar-refractivity contribution in [2.45, 2.75) is 45.7 Å². The lowest BCUT2D eigenvalue weighted by molar-refractivity contribution is -0.124. The van der Waals surface area contributed by atoms with Gasteiger partial charge in [-0.3, -0.25) is 19.2 Å². The summed E-state index contributed by atoms with van der Waals surface area (Å²) in [5.41, 5.74) is 1.25. The lowest BCUT2D eigenvalue weighted by Crippen LogP contribution is -2.48. The molecular weight excluding hydrogens is 446 g/mol. The number of carbonyl (C=O) groups excluding carboxylic acids is 2. The minimum Gasteiger partial charge on any atom is -0.323 e. The molecule has 2 aromatic rings. The summed E-state index contributed by atoms with van der Waals surface area (Å²) >= 11 is 6.62. The maximum absolute atomic E-state index is 12.9. The molecule has 1 aliphatic rings. The monoisotopic (exact) mass is 471 g/mol. The number of anilines is 1. The predicted octanol–water partition coefficient (Wildman–Crippen LogP) is 1.85. The standard InChI is InChI=1S/C21H26ClN9O2/c1-13(11-24-28(4)5)26-20(33)14(2)30(15(3)32)21-16(10-23)12-25-31(21)19-18(22)17-8-6-7-9-29(17)27-19/h11-12,14H,1,6-9H2,2-5H3,(H,26,33)/b24-11-. The number of nitrogens with zero attached hydrogens (tertiary/aromatic N) is 8. The van der Waals surface area contributed by atoms with Gasteiger partial charge in [-0.1, -0.05) is 18.2 Å². The highest BCUT2D eigenvalue weighted by atomic mass is 35.5. The zero-order valence-corrected chi connectivity index (χ0v) is 19.8. The van der Waals surface area contributed by atoms with E-state index < -0.39 is 17.9 Å². The molecule has 0 saturated carbocycles. The minimum absolute atomic E-state index is 0.111. The molecule has 1 atom stereocenters. The van der Waals surface area contributed by atoms with Crippen molar-refractivity contribution in [1.82, 2.24) is 29.9 Å². The van der Waals surface area contributed by atoms with Crippen LogP contribution in [0.5, 0.6) is 0 Å². The number of aryl methyl sites for hydroxylation is 1. The van der Waals surface area contributed by atoms with Gasteiger partial charge in [0.1, 0.15) is 22.7 Å². The van der Waals surface area contributed by atoms with E-state index in [-0.39, 0.29) is 17.1 Å². The van der Waals surface area contributed by atoms with Crippen LogP contribution in [0, 0.1) is 11.3 Å². The number of hydrogen-bond donors (Lipinski definition) is 1. The molecule has 11 nitrogen and oxygen atoms in total. The van der Waals surface area contributed by atoms with E-state index in [1.807, 2.05) is 10.8 Å². The van der Waals surface area contributed by atoms with E-state index in [1.165, 1.54) is 28.9 Å². The Morgan fingerprint density at radius 1 is 1.42 bits per heavy atom. The number of rotatable bonds is 7. The number of amides is 2. The molecule has 174 valence electrons. The van der Waals surface area contributed by atoms with Crippen molar-refractivity contribution in [2.75, 3.05) is 19.0 Å². The van der Waals surface area contributed by atoms with Crippen molar-refractivity contribution in [3.05, 3.63) is 34.8 Å². The Bertz CT molecular complexity index is 1160. The molecule has 0 saturated heterocycles. The fourth-order valence-electron chi connectivity index (χ4n) is 3.58. The van der Waals surface area contributed by atoms with Crippen LogP contribution in [0.3, 0.4) is 0 Å². The highest BCUT2D eigenvalue weighted by molar-refractivity contribution is 6.33. The third-order valence-corrected chi connectivity index (χ3v) is 5.52. The Balaban J connectivity index is 2.01. The second-order valence-corrected chi connectivity index (χ2v) is 8.22. The average molecular weight is 472 g/mol. The summed E-state index contributed by atoms with van der Waals surface area (Å²) < 4.78 is 3.17. The van der Waals surface area contributed by atoms with Crippen molar-refractivity contribution >= 4 is 35.4 Å². The fourth-order valence-corrected chi connectivity index (χ4v) is 3.89. The van der Waals surface area contributed by atoms with Gasteiger partial charge in [-0.2, -0.15) is 25.2 Å². The van der Waals surface area contributed by atoms with Crippen molar-refractivity contribution in [2.24, 2.45) is 5.10 Å². The largest absolute Gasteiger partial charge is 0.323 e. The van der Waals surface area contributed by atoms with Gasteiger partial charge in [0.2, 0.25) is 11.8 Å². The average Bonchev–Trinajstić information content (AvgIpc) is 3.33. The van der Waals surface area contributed by atoms with E-state index in [9.17, 15) is 14.9 Å². The zero-order chi connectivity index (χ0) is 24.3. The van der Waals surface area contributed by atoms with Crippen molar-refractivity contribution in [3.8, 4) is 11.9 Å². The van der Waals surface area contributed by atoms with Gasteiger partial charge in [0, 0.05) is 27.6 Å². The lowest BCUT2D eigenvalue weighted by Gasteiger charge is -2.27. The first kappa shape index (κ1) is 24.0. The second kappa shape index (κ2) is 9.87. The van der Waals surface area contributed by atoms with E-state index >= 15 is 0 Å². The Hall–Kier alpha value is -3.65. The van der Waals surface area contributed by atoms with Gasteiger partial charge in [0.15, 0.2) is 11.6 Å². The number of carbonyl (C=O) groups is 2. The van der Waals surface area contributed by atoms with Crippen LogP contribution in [0.1, 0.15) is 37.9 Å². The van der Waals surface area contributed by atoms with Gasteiger partial charge >= 0.3 is 0 Å². The molecule has 0 bridgehead atoms. The van der Waals surface area contributed by atoms with Crippen molar-refractivity contribution in [3.63, 3.8) is 0 Å². The molecule has 0 spiro atoms. The minimum atomic E-state index is -0.995. The summed E-state index contributed by atoms with van der Waals surface area (Å²) in [7, 11) is 3.46. The van der Waals surface area contributed by atoms with Gasteiger partial charge in [0.25, 0.3) is 0 Å². The molecule has 1 unspecified atom stereocenters. The normalized spacial score (nSPS) is 13.8. The molecule has 3 heterocycles. The third-order valence-electron chi connectivity index (χ3n) is 5.14. The SMILES string of the molecule is C=C(/C=N\N(C)C)NC(=O)C(C)N(C(C)=O)c1c(C#N)cnn1-c1nn2c(c1Cl)CCCC2. The Labute approximate surface area is 196 Å². The molecule has 2 amide bonds. The van der Waals surface area contributed by atoms with E-state index in [1.54, 1.807) is 26.0 Å². The van der Waals surface area contributed by atoms with Crippen LogP contribution < -0.4 is 10.2 Å². The van der Waals surface area contributed by atoms with Crippen LogP contribution >= 0.6 is 11.6 Å². The van der Waals surface area contributed by atoms with Crippen LogP contribution in [0.2, 0.25) is 5.02 Å². The number of aromatic nitrogens is 4. The summed E-state index contributed by atoms with van der Waals surface area (Å²) in [6.07, 6.45) is 5.48. The smallest absolute Gasteiger partial charge is 0.247 e. The fraction of sp³-hybridized carbons (Fsp3) is 0.429. The summed E-state index contributed by atoms with van der Waals surface area (Å²) in [5, 5.41) is 27.1. The lowest BCUT2D eigenvalue weighted by atomic mass is 10.1. The number of nitriles is 1.